The van der Waals surface area contributed by atoms with Crippen molar-refractivity contribution in [3.8, 4) is 0 Å². The van der Waals surface area contributed by atoms with Gasteiger partial charge in [-0.2, -0.15) is 0 Å². The fourth-order valence-corrected chi connectivity index (χ4v) is 1.22. The van der Waals surface area contributed by atoms with E-state index in [0.717, 1.165) is 0 Å². The van der Waals surface area contributed by atoms with Crippen LogP contribution in [0.5, 0.6) is 0 Å². The number of rotatable bonds is 4. The molecule has 0 aliphatic heterocycles. The molecule has 5 nitrogen and oxygen atoms in total. The third kappa shape index (κ3) is 3.53. The third-order valence-electron chi connectivity index (χ3n) is 2.18. The van der Waals surface area contributed by atoms with E-state index in [-0.39, 0.29) is 18.0 Å². The lowest BCUT2D eigenvalue weighted by molar-refractivity contribution is -0.121. The van der Waals surface area contributed by atoms with Gasteiger partial charge in [0.15, 0.2) is 0 Å². The number of hydrogen-bond donors (Lipinski definition) is 3. The predicted molar refractivity (Wildman–Crippen MR) is 60.8 cm³/mol. The van der Waals surface area contributed by atoms with Crippen LogP contribution in [0.3, 0.4) is 0 Å². The summed E-state index contributed by atoms with van der Waals surface area (Å²) < 4.78 is 13.2. The molecule has 0 aliphatic rings. The lowest BCUT2D eigenvalue weighted by Gasteiger charge is -2.11. The largest absolute Gasteiger partial charge is 0.358 e. The molecule has 6 heteroatoms. The van der Waals surface area contributed by atoms with Crippen LogP contribution in [0.15, 0.2) is 24.3 Å². The molecule has 92 valence electrons. The van der Waals surface area contributed by atoms with Gasteiger partial charge >= 0.3 is 0 Å². The number of halogens is 1. The Morgan fingerprint density at radius 1 is 1.41 bits per heavy atom. The Morgan fingerprint density at radius 2 is 2.06 bits per heavy atom. The standard InChI is InChI=1S/C11H14FN3O2/c1-14-11(17)9(13)6-15-10(16)7-4-2-3-5-8(7)12/h2-5,9H,6,13H2,1H3,(H,14,17)(H,15,16). The molecule has 17 heavy (non-hydrogen) atoms. The Bertz CT molecular complexity index is 423. The van der Waals surface area contributed by atoms with Gasteiger partial charge < -0.3 is 16.4 Å². The summed E-state index contributed by atoms with van der Waals surface area (Å²) in [5.41, 5.74) is 5.40. The normalized spacial score (nSPS) is 11.7. The summed E-state index contributed by atoms with van der Waals surface area (Å²) in [7, 11) is 1.45. The summed E-state index contributed by atoms with van der Waals surface area (Å²) in [5.74, 6) is -1.60. The van der Waals surface area contributed by atoms with E-state index in [1.165, 1.54) is 25.2 Å². The van der Waals surface area contributed by atoms with Gasteiger partial charge in [-0.1, -0.05) is 12.1 Å². The Balaban J connectivity index is 2.57. The van der Waals surface area contributed by atoms with Crippen LogP contribution < -0.4 is 16.4 Å². The Hall–Kier alpha value is -1.95. The highest BCUT2D eigenvalue weighted by atomic mass is 19.1. The average molecular weight is 239 g/mol. The summed E-state index contributed by atoms with van der Waals surface area (Å²) in [6.07, 6.45) is 0. The van der Waals surface area contributed by atoms with Gasteiger partial charge in [0.25, 0.3) is 5.91 Å². The molecule has 0 radical (unpaired) electrons. The molecule has 0 saturated carbocycles. The Kier molecular flexibility index (Phi) is 4.59. The van der Waals surface area contributed by atoms with Gasteiger partial charge in [0.05, 0.1) is 5.56 Å². The zero-order chi connectivity index (χ0) is 12.8. The minimum Gasteiger partial charge on any atom is -0.358 e. The zero-order valence-corrected chi connectivity index (χ0v) is 9.37. The first kappa shape index (κ1) is 13.1. The van der Waals surface area contributed by atoms with Gasteiger partial charge in [0.1, 0.15) is 11.9 Å². The molecule has 0 saturated heterocycles. The maximum absolute atomic E-state index is 13.2. The first-order chi connectivity index (χ1) is 8.06. The van der Waals surface area contributed by atoms with E-state index in [1.54, 1.807) is 6.07 Å². The highest BCUT2D eigenvalue weighted by molar-refractivity contribution is 5.94. The van der Waals surface area contributed by atoms with E-state index in [9.17, 15) is 14.0 Å². The first-order valence-corrected chi connectivity index (χ1v) is 5.06. The predicted octanol–water partition coefficient (Wildman–Crippen LogP) is -0.371. The van der Waals surface area contributed by atoms with Crippen LogP contribution in [-0.4, -0.2) is 31.4 Å². The van der Waals surface area contributed by atoms with Crippen molar-refractivity contribution in [2.75, 3.05) is 13.6 Å². The van der Waals surface area contributed by atoms with Crippen LogP contribution in [-0.2, 0) is 4.79 Å². The molecule has 0 spiro atoms. The number of carbonyl (C=O) groups excluding carboxylic acids is 2. The highest BCUT2D eigenvalue weighted by Crippen LogP contribution is 2.05. The van der Waals surface area contributed by atoms with Crippen molar-refractivity contribution in [3.63, 3.8) is 0 Å². The van der Waals surface area contributed by atoms with Gasteiger partial charge in [0.2, 0.25) is 5.91 Å². The topological polar surface area (TPSA) is 84.2 Å². The van der Waals surface area contributed by atoms with Crippen LogP contribution >= 0.6 is 0 Å². The van der Waals surface area contributed by atoms with E-state index < -0.39 is 17.8 Å². The van der Waals surface area contributed by atoms with Crippen molar-refractivity contribution in [1.82, 2.24) is 10.6 Å². The molecular weight excluding hydrogens is 225 g/mol. The molecule has 1 rings (SSSR count). The molecule has 0 bridgehead atoms. The van der Waals surface area contributed by atoms with Crippen molar-refractivity contribution in [1.29, 1.82) is 0 Å². The maximum Gasteiger partial charge on any atom is 0.254 e. The smallest absolute Gasteiger partial charge is 0.254 e. The van der Waals surface area contributed by atoms with E-state index >= 15 is 0 Å². The molecule has 1 aromatic carbocycles. The van der Waals surface area contributed by atoms with E-state index in [2.05, 4.69) is 10.6 Å². The lowest BCUT2D eigenvalue weighted by Crippen LogP contribution is -2.47. The molecule has 0 aliphatic carbocycles. The minimum atomic E-state index is -0.851. The number of benzene rings is 1. The molecule has 0 heterocycles. The van der Waals surface area contributed by atoms with Gasteiger partial charge in [-0.3, -0.25) is 9.59 Å². The summed E-state index contributed by atoms with van der Waals surface area (Å²) in [6, 6.07) is 4.73. The van der Waals surface area contributed by atoms with Crippen molar-refractivity contribution in [2.45, 2.75) is 6.04 Å². The van der Waals surface area contributed by atoms with Crippen LogP contribution in [0.4, 0.5) is 4.39 Å². The van der Waals surface area contributed by atoms with Gasteiger partial charge in [0, 0.05) is 13.6 Å². The van der Waals surface area contributed by atoms with Crippen molar-refractivity contribution >= 4 is 11.8 Å². The molecule has 2 amide bonds. The van der Waals surface area contributed by atoms with E-state index in [4.69, 9.17) is 5.73 Å². The quantitative estimate of drug-likeness (QED) is 0.670. The fourth-order valence-electron chi connectivity index (χ4n) is 1.22. The second-order valence-corrected chi connectivity index (χ2v) is 3.41. The van der Waals surface area contributed by atoms with E-state index in [1.807, 2.05) is 0 Å². The number of carbonyl (C=O) groups is 2. The fraction of sp³-hybridized carbons (Fsp3) is 0.273. The van der Waals surface area contributed by atoms with Crippen LogP contribution in [0.1, 0.15) is 10.4 Å². The molecule has 4 N–H and O–H groups in total. The number of likely N-dealkylation sites (N-methyl/N-ethyl adjacent to an activating group) is 1. The molecular formula is C11H14FN3O2. The molecule has 1 atom stereocenters. The number of nitrogens with two attached hydrogens (primary N) is 1. The Morgan fingerprint density at radius 3 is 2.65 bits per heavy atom. The Labute approximate surface area is 98.2 Å². The molecule has 0 aromatic heterocycles. The number of hydrogen-bond acceptors (Lipinski definition) is 3. The average Bonchev–Trinajstić information content (AvgIpc) is 2.35. The maximum atomic E-state index is 13.2. The van der Waals surface area contributed by atoms with Gasteiger partial charge in [-0.05, 0) is 12.1 Å². The molecule has 0 fully saturated rings. The first-order valence-electron chi connectivity index (χ1n) is 5.06. The van der Waals surface area contributed by atoms with Crippen LogP contribution in [0.2, 0.25) is 0 Å². The van der Waals surface area contributed by atoms with Gasteiger partial charge in [-0.15, -0.1) is 0 Å². The van der Waals surface area contributed by atoms with Crippen LogP contribution in [0, 0.1) is 5.82 Å². The second-order valence-electron chi connectivity index (χ2n) is 3.41. The molecule has 1 unspecified atom stereocenters. The number of amides is 2. The monoisotopic (exact) mass is 239 g/mol. The van der Waals surface area contributed by atoms with Gasteiger partial charge in [-0.25, -0.2) is 4.39 Å². The summed E-state index contributed by atoms with van der Waals surface area (Å²) >= 11 is 0. The SMILES string of the molecule is CNC(=O)C(N)CNC(=O)c1ccccc1F. The second kappa shape index (κ2) is 5.95. The summed E-state index contributed by atoms with van der Waals surface area (Å²) in [4.78, 5) is 22.6. The number of nitrogens with one attached hydrogen (secondary N) is 2. The van der Waals surface area contributed by atoms with Crippen molar-refractivity contribution in [3.05, 3.63) is 35.6 Å². The third-order valence-corrected chi connectivity index (χ3v) is 2.18. The van der Waals surface area contributed by atoms with Crippen molar-refractivity contribution in [2.24, 2.45) is 5.73 Å². The zero-order valence-electron chi connectivity index (χ0n) is 9.37. The highest BCUT2D eigenvalue weighted by Gasteiger charge is 2.15. The minimum absolute atomic E-state index is 0.0488. The summed E-state index contributed by atoms with van der Waals surface area (Å²) in [6.45, 7) is -0.0488. The van der Waals surface area contributed by atoms with Crippen LogP contribution in [0.25, 0.3) is 0 Å². The lowest BCUT2D eigenvalue weighted by atomic mass is 10.2. The van der Waals surface area contributed by atoms with Crippen molar-refractivity contribution < 1.29 is 14.0 Å². The summed E-state index contributed by atoms with van der Waals surface area (Å²) in [5, 5.41) is 4.74. The molecule has 1 aromatic rings. The van der Waals surface area contributed by atoms with E-state index in [0.29, 0.717) is 0 Å².